The van der Waals surface area contributed by atoms with Crippen molar-refractivity contribution in [2.75, 3.05) is 13.7 Å². The molecule has 0 spiro atoms. The molecule has 1 N–H and O–H groups in total. The predicted octanol–water partition coefficient (Wildman–Crippen LogP) is 2.16. The van der Waals surface area contributed by atoms with E-state index in [1.807, 2.05) is 26.5 Å². The molecule has 3 rings (SSSR count). The van der Waals surface area contributed by atoms with E-state index >= 15 is 0 Å². The minimum absolute atomic E-state index is 0. The van der Waals surface area contributed by atoms with Crippen molar-refractivity contribution in [3.63, 3.8) is 0 Å². The molecule has 1 aliphatic heterocycles. The molecule has 0 unspecified atom stereocenters. The highest BCUT2D eigenvalue weighted by atomic mass is 35.5. The van der Waals surface area contributed by atoms with E-state index in [9.17, 15) is 0 Å². The molecular weight excluding hydrogens is 250 g/mol. The monoisotopic (exact) mass is 265 g/mol. The van der Waals surface area contributed by atoms with E-state index < -0.39 is 0 Å². The molecule has 0 aliphatic carbocycles. The third-order valence-corrected chi connectivity index (χ3v) is 3.18. The van der Waals surface area contributed by atoms with Crippen LogP contribution in [0.3, 0.4) is 0 Å². The molecule has 1 aromatic carbocycles. The van der Waals surface area contributed by atoms with E-state index in [4.69, 9.17) is 4.74 Å². The number of ether oxygens (including phenoxy) is 1. The average molecular weight is 266 g/mol. The maximum Gasteiger partial charge on any atom is 0.124 e. The zero-order valence-electron chi connectivity index (χ0n) is 10.4. The van der Waals surface area contributed by atoms with Crippen molar-refractivity contribution in [3.8, 4) is 16.9 Å². The third kappa shape index (κ3) is 2.09. The van der Waals surface area contributed by atoms with Crippen LogP contribution < -0.4 is 10.1 Å². The highest BCUT2D eigenvalue weighted by molar-refractivity contribution is 5.85. The van der Waals surface area contributed by atoms with E-state index in [0.717, 1.165) is 16.9 Å². The summed E-state index contributed by atoms with van der Waals surface area (Å²) in [6.45, 7) is 0.711. The Labute approximate surface area is 112 Å². The largest absolute Gasteiger partial charge is 0.491 e. The summed E-state index contributed by atoms with van der Waals surface area (Å²) >= 11 is 0. The molecule has 0 amide bonds. The molecule has 18 heavy (non-hydrogen) atoms. The van der Waals surface area contributed by atoms with Gasteiger partial charge in [-0.2, -0.15) is 5.10 Å². The fraction of sp³-hybridized carbons (Fsp3) is 0.308. The number of benzene rings is 1. The van der Waals surface area contributed by atoms with Crippen LogP contribution in [0.4, 0.5) is 0 Å². The zero-order chi connectivity index (χ0) is 11.8. The highest BCUT2D eigenvalue weighted by Crippen LogP contribution is 2.35. The van der Waals surface area contributed by atoms with Gasteiger partial charge in [0.15, 0.2) is 0 Å². The van der Waals surface area contributed by atoms with E-state index in [1.165, 1.54) is 5.56 Å². The van der Waals surface area contributed by atoms with E-state index in [1.54, 1.807) is 4.68 Å². The molecule has 96 valence electrons. The molecule has 1 atom stereocenters. The lowest BCUT2D eigenvalue weighted by atomic mass is 10.0. The van der Waals surface area contributed by atoms with Crippen LogP contribution in [0.15, 0.2) is 30.6 Å². The number of nitrogens with one attached hydrogen (secondary N) is 1. The average Bonchev–Trinajstić information content (AvgIpc) is 2.94. The first-order chi connectivity index (χ1) is 8.28. The summed E-state index contributed by atoms with van der Waals surface area (Å²) < 4.78 is 7.49. The van der Waals surface area contributed by atoms with Crippen LogP contribution in [0.5, 0.6) is 5.75 Å². The Bertz CT molecular complexity index is 553. The van der Waals surface area contributed by atoms with Gasteiger partial charge in [0.25, 0.3) is 0 Å². The lowest BCUT2D eigenvalue weighted by Crippen LogP contribution is -2.16. The van der Waals surface area contributed by atoms with Gasteiger partial charge in [-0.05, 0) is 18.7 Å². The molecule has 1 aromatic heterocycles. The number of nitrogens with zero attached hydrogens (tertiary/aromatic N) is 2. The predicted molar refractivity (Wildman–Crippen MR) is 73.2 cm³/mol. The Kier molecular flexibility index (Phi) is 3.59. The van der Waals surface area contributed by atoms with Gasteiger partial charge in [-0.1, -0.05) is 12.1 Å². The first-order valence-corrected chi connectivity index (χ1v) is 5.71. The zero-order valence-corrected chi connectivity index (χ0v) is 11.2. The Morgan fingerprint density at radius 2 is 2.22 bits per heavy atom. The van der Waals surface area contributed by atoms with Gasteiger partial charge in [0, 0.05) is 24.4 Å². The summed E-state index contributed by atoms with van der Waals surface area (Å²) in [6.07, 6.45) is 3.87. The molecular formula is C13H16ClN3O. The van der Waals surface area contributed by atoms with Crippen molar-refractivity contribution in [1.29, 1.82) is 0 Å². The number of fused-ring (bicyclic) bond motifs is 1. The summed E-state index contributed by atoms with van der Waals surface area (Å²) in [6, 6.07) is 6.65. The molecule has 2 aromatic rings. The van der Waals surface area contributed by atoms with Gasteiger partial charge < -0.3 is 10.1 Å². The molecule has 0 radical (unpaired) electrons. The van der Waals surface area contributed by atoms with E-state index in [2.05, 4.69) is 28.6 Å². The van der Waals surface area contributed by atoms with Gasteiger partial charge in [0.2, 0.25) is 0 Å². The summed E-state index contributed by atoms with van der Waals surface area (Å²) in [5.41, 5.74) is 3.50. The van der Waals surface area contributed by atoms with E-state index in [0.29, 0.717) is 12.6 Å². The molecule has 2 heterocycles. The molecule has 4 nitrogen and oxygen atoms in total. The number of aryl methyl sites for hydroxylation is 1. The summed E-state index contributed by atoms with van der Waals surface area (Å²) in [7, 11) is 3.88. The van der Waals surface area contributed by atoms with Gasteiger partial charge in [-0.15, -0.1) is 12.4 Å². The minimum Gasteiger partial charge on any atom is -0.491 e. The molecule has 0 saturated heterocycles. The van der Waals surface area contributed by atoms with Crippen molar-refractivity contribution in [3.05, 3.63) is 36.2 Å². The molecule has 0 bridgehead atoms. The highest BCUT2D eigenvalue weighted by Gasteiger charge is 2.22. The van der Waals surface area contributed by atoms with Gasteiger partial charge in [-0.3, -0.25) is 4.68 Å². The third-order valence-electron chi connectivity index (χ3n) is 3.18. The molecule has 5 heteroatoms. The molecule has 1 aliphatic rings. The van der Waals surface area contributed by atoms with Crippen LogP contribution in [-0.2, 0) is 7.05 Å². The normalized spacial score (nSPS) is 16.9. The number of halogens is 1. The Hall–Kier alpha value is -1.52. The Morgan fingerprint density at radius 3 is 2.89 bits per heavy atom. The Morgan fingerprint density at radius 1 is 1.39 bits per heavy atom. The van der Waals surface area contributed by atoms with Crippen LogP contribution in [0.1, 0.15) is 11.6 Å². The summed E-state index contributed by atoms with van der Waals surface area (Å²) in [5.74, 6) is 0.978. The van der Waals surface area contributed by atoms with Crippen molar-refractivity contribution in [2.45, 2.75) is 6.04 Å². The van der Waals surface area contributed by atoms with Crippen molar-refractivity contribution in [2.24, 2.45) is 7.05 Å². The van der Waals surface area contributed by atoms with Crippen LogP contribution in [0.2, 0.25) is 0 Å². The fourth-order valence-electron chi connectivity index (χ4n) is 2.20. The van der Waals surface area contributed by atoms with Gasteiger partial charge >= 0.3 is 0 Å². The lowest BCUT2D eigenvalue weighted by molar-refractivity contribution is 0.318. The number of rotatable bonds is 2. The van der Waals surface area contributed by atoms with Gasteiger partial charge in [0.05, 0.1) is 12.2 Å². The van der Waals surface area contributed by atoms with Crippen molar-refractivity contribution < 1.29 is 4.74 Å². The molecule has 0 fully saturated rings. The maximum atomic E-state index is 5.68. The van der Waals surface area contributed by atoms with Gasteiger partial charge in [0.1, 0.15) is 12.4 Å². The standard InChI is InChI=1S/C13H15N3O.ClH/c1-14-12-8-17-13-5-9(3-4-11(12)13)10-6-15-16(2)7-10;/h3-7,12,14H,8H2,1-2H3;1H/t12-;/m1./s1. The lowest BCUT2D eigenvalue weighted by Gasteiger charge is -2.06. The van der Waals surface area contributed by atoms with Crippen molar-refractivity contribution >= 4 is 12.4 Å². The maximum absolute atomic E-state index is 5.68. The topological polar surface area (TPSA) is 39.1 Å². The second kappa shape index (κ2) is 5.00. The quantitative estimate of drug-likeness (QED) is 0.905. The Balaban J connectivity index is 0.00000120. The van der Waals surface area contributed by atoms with Crippen LogP contribution in [0.25, 0.3) is 11.1 Å². The van der Waals surface area contributed by atoms with E-state index in [-0.39, 0.29) is 12.4 Å². The number of likely N-dealkylation sites (N-methyl/N-ethyl adjacent to an activating group) is 1. The smallest absolute Gasteiger partial charge is 0.124 e. The number of aromatic nitrogens is 2. The summed E-state index contributed by atoms with van der Waals surface area (Å²) in [5, 5.41) is 7.42. The number of hydrogen-bond acceptors (Lipinski definition) is 3. The molecule has 0 saturated carbocycles. The van der Waals surface area contributed by atoms with Crippen LogP contribution >= 0.6 is 12.4 Å². The number of hydrogen-bond donors (Lipinski definition) is 1. The summed E-state index contributed by atoms with van der Waals surface area (Å²) in [4.78, 5) is 0. The van der Waals surface area contributed by atoms with Crippen LogP contribution in [0, 0.1) is 0 Å². The van der Waals surface area contributed by atoms with Crippen LogP contribution in [-0.4, -0.2) is 23.4 Å². The van der Waals surface area contributed by atoms with Crippen molar-refractivity contribution in [1.82, 2.24) is 15.1 Å². The SMILES string of the molecule is CN[C@@H]1COc2cc(-c3cnn(C)c3)ccc21.Cl. The fourth-order valence-corrected chi connectivity index (χ4v) is 2.20. The van der Waals surface area contributed by atoms with Gasteiger partial charge in [-0.25, -0.2) is 0 Å². The second-order valence-electron chi connectivity index (χ2n) is 4.31. The first kappa shape index (κ1) is 12.9. The minimum atomic E-state index is 0. The first-order valence-electron chi connectivity index (χ1n) is 5.71. The second-order valence-corrected chi connectivity index (χ2v) is 4.31.